The molecule has 0 spiro atoms. The first-order valence-electron chi connectivity index (χ1n) is 6.65. The van der Waals surface area contributed by atoms with Crippen molar-refractivity contribution in [3.05, 3.63) is 34.4 Å². The van der Waals surface area contributed by atoms with Gasteiger partial charge in [0.1, 0.15) is 0 Å². The molecule has 2 rings (SSSR count). The molecule has 0 unspecified atom stereocenters. The van der Waals surface area contributed by atoms with Gasteiger partial charge in [-0.3, -0.25) is 10.1 Å². The van der Waals surface area contributed by atoms with E-state index in [9.17, 15) is 18.5 Å². The molecule has 0 bridgehead atoms. The number of benzene rings is 1. The van der Waals surface area contributed by atoms with Crippen LogP contribution in [0.4, 0.5) is 5.69 Å². The molecule has 1 fully saturated rings. The summed E-state index contributed by atoms with van der Waals surface area (Å²) >= 11 is 0. The van der Waals surface area contributed by atoms with Gasteiger partial charge in [-0.05, 0) is 18.9 Å². The Balaban J connectivity index is 2.29. The highest BCUT2D eigenvalue weighted by molar-refractivity contribution is 7.89. The summed E-state index contributed by atoms with van der Waals surface area (Å²) in [4.78, 5) is 10.2. The third kappa shape index (κ3) is 2.99. The van der Waals surface area contributed by atoms with Crippen LogP contribution >= 0.6 is 0 Å². The second kappa shape index (κ2) is 5.88. The lowest BCUT2D eigenvalue weighted by atomic mass is 9.96. The first-order valence-corrected chi connectivity index (χ1v) is 8.09. The van der Waals surface area contributed by atoms with Gasteiger partial charge in [0.05, 0.1) is 9.82 Å². The Bertz CT molecular complexity index is 594. The minimum absolute atomic E-state index is 0.00647. The fraction of sp³-hybridized carbons (Fsp3) is 0.538. The Morgan fingerprint density at radius 2 is 1.90 bits per heavy atom. The summed E-state index contributed by atoms with van der Waals surface area (Å²) < 4.78 is 26.4. The van der Waals surface area contributed by atoms with E-state index in [1.165, 1.54) is 22.5 Å². The Morgan fingerprint density at radius 1 is 1.25 bits per heavy atom. The van der Waals surface area contributed by atoms with E-state index in [1.807, 2.05) is 0 Å². The third-order valence-corrected chi connectivity index (χ3v) is 5.70. The molecule has 1 saturated carbocycles. The van der Waals surface area contributed by atoms with Crippen molar-refractivity contribution in [2.24, 2.45) is 0 Å². The predicted molar refractivity (Wildman–Crippen MR) is 74.9 cm³/mol. The van der Waals surface area contributed by atoms with Gasteiger partial charge in [-0.1, -0.05) is 25.3 Å². The molecule has 1 aromatic rings. The molecule has 0 heterocycles. The van der Waals surface area contributed by atoms with Crippen molar-refractivity contribution in [2.75, 3.05) is 7.05 Å². The van der Waals surface area contributed by atoms with E-state index in [0.717, 1.165) is 38.2 Å². The van der Waals surface area contributed by atoms with Crippen molar-refractivity contribution >= 4 is 15.7 Å². The first-order chi connectivity index (χ1) is 9.43. The number of hydrogen-bond acceptors (Lipinski definition) is 4. The van der Waals surface area contributed by atoms with Gasteiger partial charge >= 0.3 is 0 Å². The van der Waals surface area contributed by atoms with Crippen molar-refractivity contribution < 1.29 is 13.3 Å². The Labute approximate surface area is 118 Å². The highest BCUT2D eigenvalue weighted by Gasteiger charge is 2.29. The number of hydrogen-bond donors (Lipinski definition) is 0. The molecule has 1 aromatic carbocycles. The van der Waals surface area contributed by atoms with E-state index in [0.29, 0.717) is 0 Å². The van der Waals surface area contributed by atoms with Gasteiger partial charge in [0.2, 0.25) is 10.0 Å². The zero-order valence-corrected chi connectivity index (χ0v) is 12.2. The second-order valence-corrected chi connectivity index (χ2v) is 7.07. The molecule has 1 aliphatic rings. The molecule has 1 aliphatic carbocycles. The fourth-order valence-electron chi connectivity index (χ4n) is 2.56. The lowest BCUT2D eigenvalue weighted by Crippen LogP contribution is -2.38. The highest BCUT2D eigenvalue weighted by Crippen LogP contribution is 2.27. The van der Waals surface area contributed by atoms with E-state index in [4.69, 9.17) is 0 Å². The summed E-state index contributed by atoms with van der Waals surface area (Å²) in [6.07, 6.45) is 4.90. The third-order valence-electron chi connectivity index (χ3n) is 3.79. The summed E-state index contributed by atoms with van der Waals surface area (Å²) in [6.45, 7) is 0. The summed E-state index contributed by atoms with van der Waals surface area (Å²) in [5.74, 6) is 0. The van der Waals surface area contributed by atoms with Crippen LogP contribution in [-0.2, 0) is 10.0 Å². The average Bonchev–Trinajstić information content (AvgIpc) is 2.47. The first kappa shape index (κ1) is 14.9. The molecule has 0 amide bonds. The van der Waals surface area contributed by atoms with Gasteiger partial charge in [-0.2, -0.15) is 4.31 Å². The molecule has 0 N–H and O–H groups in total. The topological polar surface area (TPSA) is 80.5 Å². The number of nitro groups is 1. The maximum absolute atomic E-state index is 12.5. The average molecular weight is 298 g/mol. The maximum atomic E-state index is 12.5. The highest BCUT2D eigenvalue weighted by atomic mass is 32.2. The van der Waals surface area contributed by atoms with Crippen LogP contribution in [0.2, 0.25) is 0 Å². The molecular formula is C13H18N2O4S. The van der Waals surface area contributed by atoms with Crippen LogP contribution in [0.5, 0.6) is 0 Å². The lowest BCUT2D eigenvalue weighted by molar-refractivity contribution is -0.385. The van der Waals surface area contributed by atoms with Crippen LogP contribution in [0.25, 0.3) is 0 Å². The molecular weight excluding hydrogens is 280 g/mol. The number of non-ortho nitro benzene ring substituents is 1. The van der Waals surface area contributed by atoms with Crippen molar-refractivity contribution in [1.82, 2.24) is 4.31 Å². The standard InChI is InChI=1S/C13H18N2O4S/c1-14(11-6-3-2-4-7-11)20(18,19)13-9-5-8-12(10-13)15(16)17/h5,8-11H,2-4,6-7H2,1H3. The summed E-state index contributed by atoms with van der Waals surface area (Å²) in [7, 11) is -2.11. The van der Waals surface area contributed by atoms with Crippen molar-refractivity contribution in [3.63, 3.8) is 0 Å². The number of nitro benzene ring substituents is 1. The second-order valence-electron chi connectivity index (χ2n) is 5.07. The summed E-state index contributed by atoms with van der Waals surface area (Å²) in [6, 6.07) is 5.21. The van der Waals surface area contributed by atoms with E-state index in [1.54, 1.807) is 7.05 Å². The summed E-state index contributed by atoms with van der Waals surface area (Å²) in [5.41, 5.74) is -0.205. The zero-order chi connectivity index (χ0) is 14.8. The van der Waals surface area contributed by atoms with Crippen LogP contribution < -0.4 is 0 Å². The molecule has 20 heavy (non-hydrogen) atoms. The quantitative estimate of drug-likeness (QED) is 0.632. The van der Waals surface area contributed by atoms with Gasteiger partial charge in [-0.25, -0.2) is 8.42 Å². The largest absolute Gasteiger partial charge is 0.270 e. The number of sulfonamides is 1. The van der Waals surface area contributed by atoms with Gasteiger partial charge in [0.15, 0.2) is 0 Å². The van der Waals surface area contributed by atoms with Crippen molar-refractivity contribution in [1.29, 1.82) is 0 Å². The fourth-order valence-corrected chi connectivity index (χ4v) is 4.02. The summed E-state index contributed by atoms with van der Waals surface area (Å²) in [5, 5.41) is 10.7. The smallest absolute Gasteiger partial charge is 0.258 e. The molecule has 0 radical (unpaired) electrons. The Kier molecular flexibility index (Phi) is 4.39. The molecule has 0 aromatic heterocycles. The van der Waals surface area contributed by atoms with Crippen LogP contribution in [0.1, 0.15) is 32.1 Å². The Hall–Kier alpha value is -1.47. The molecule has 6 nitrogen and oxygen atoms in total. The van der Waals surface area contributed by atoms with Crippen molar-refractivity contribution in [3.8, 4) is 0 Å². The SMILES string of the molecule is CN(C1CCCCC1)S(=O)(=O)c1cccc([N+](=O)[O-])c1. The normalized spacial score (nSPS) is 17.3. The van der Waals surface area contributed by atoms with Crippen LogP contribution in [0, 0.1) is 10.1 Å². The minimum atomic E-state index is -3.67. The molecule has 0 atom stereocenters. The monoisotopic (exact) mass is 298 g/mol. The van der Waals surface area contributed by atoms with E-state index in [-0.39, 0.29) is 16.6 Å². The molecule has 0 aliphatic heterocycles. The van der Waals surface area contributed by atoms with E-state index in [2.05, 4.69) is 0 Å². The maximum Gasteiger partial charge on any atom is 0.270 e. The Morgan fingerprint density at radius 3 is 2.50 bits per heavy atom. The van der Waals surface area contributed by atoms with Crippen LogP contribution in [0.3, 0.4) is 0 Å². The number of nitrogens with zero attached hydrogens (tertiary/aromatic N) is 2. The predicted octanol–water partition coefficient (Wildman–Crippen LogP) is 2.55. The number of rotatable bonds is 4. The van der Waals surface area contributed by atoms with Gasteiger partial charge in [0.25, 0.3) is 5.69 Å². The lowest BCUT2D eigenvalue weighted by Gasteiger charge is -2.30. The van der Waals surface area contributed by atoms with Gasteiger partial charge < -0.3 is 0 Å². The van der Waals surface area contributed by atoms with Crippen molar-refractivity contribution in [2.45, 2.75) is 43.0 Å². The molecule has 0 saturated heterocycles. The van der Waals surface area contributed by atoms with Gasteiger partial charge in [-0.15, -0.1) is 0 Å². The van der Waals surface area contributed by atoms with Gasteiger partial charge in [0, 0.05) is 25.2 Å². The molecule has 7 heteroatoms. The van der Waals surface area contributed by atoms with Crippen LogP contribution in [0.15, 0.2) is 29.2 Å². The van der Waals surface area contributed by atoms with Crippen LogP contribution in [-0.4, -0.2) is 30.7 Å². The van der Waals surface area contributed by atoms with E-state index >= 15 is 0 Å². The zero-order valence-electron chi connectivity index (χ0n) is 11.4. The molecule has 110 valence electrons. The minimum Gasteiger partial charge on any atom is -0.258 e. The van der Waals surface area contributed by atoms with E-state index < -0.39 is 14.9 Å².